The molecule has 1 aliphatic heterocycles. The Morgan fingerprint density at radius 1 is 1.17 bits per heavy atom. The van der Waals surface area contributed by atoms with E-state index in [1.165, 1.54) is 12.1 Å². The average Bonchev–Trinajstić information content (AvgIpc) is 2.58. The van der Waals surface area contributed by atoms with Crippen LogP contribution in [0, 0.1) is 5.82 Å². The van der Waals surface area contributed by atoms with E-state index in [1.54, 1.807) is 30.5 Å². The Morgan fingerprint density at radius 3 is 2.62 bits per heavy atom. The van der Waals surface area contributed by atoms with Crippen molar-refractivity contribution in [3.63, 3.8) is 0 Å². The van der Waals surface area contributed by atoms with Crippen LogP contribution < -0.4 is 10.3 Å². The van der Waals surface area contributed by atoms with E-state index in [9.17, 15) is 13.6 Å². The minimum Gasteiger partial charge on any atom is -0.487 e. The molecule has 128 valence electrons. The van der Waals surface area contributed by atoms with Gasteiger partial charge in [-0.05, 0) is 31.0 Å². The van der Waals surface area contributed by atoms with Crippen LogP contribution in [0.1, 0.15) is 18.4 Å². The molecule has 1 fully saturated rings. The summed E-state index contributed by atoms with van der Waals surface area (Å²) in [6, 6.07) is 9.57. The Balaban J connectivity index is 1.53. The molecule has 0 unspecified atom stereocenters. The molecule has 0 saturated carbocycles. The average molecular weight is 334 g/mol. The number of rotatable bonds is 5. The summed E-state index contributed by atoms with van der Waals surface area (Å²) in [7, 11) is 0. The van der Waals surface area contributed by atoms with Crippen LogP contribution in [0.25, 0.3) is 0 Å². The fourth-order valence-corrected chi connectivity index (χ4v) is 2.85. The number of alkyl halides is 1. The van der Waals surface area contributed by atoms with Gasteiger partial charge < -0.3 is 9.72 Å². The first-order chi connectivity index (χ1) is 11.6. The molecule has 6 heteroatoms. The van der Waals surface area contributed by atoms with E-state index >= 15 is 0 Å². The van der Waals surface area contributed by atoms with Crippen molar-refractivity contribution < 1.29 is 13.5 Å². The zero-order chi connectivity index (χ0) is 17.0. The standard InChI is InChI=1S/C18H20F2N2O2/c19-15-5-1-2-6-16(15)24-13-18(20)7-10-22(11-8-18)12-14-4-3-9-21-17(14)23/h1-6,9H,7-8,10-13H2,(H,21,23). The lowest BCUT2D eigenvalue weighted by Gasteiger charge is -2.36. The molecular weight excluding hydrogens is 314 g/mol. The van der Waals surface area contributed by atoms with Gasteiger partial charge in [0, 0.05) is 31.4 Å². The van der Waals surface area contributed by atoms with Crippen molar-refractivity contribution in [1.29, 1.82) is 0 Å². The maximum absolute atomic E-state index is 14.8. The molecule has 1 aromatic carbocycles. The normalized spacial score (nSPS) is 17.6. The van der Waals surface area contributed by atoms with Crippen LogP contribution in [0.2, 0.25) is 0 Å². The van der Waals surface area contributed by atoms with E-state index in [-0.39, 0.29) is 17.9 Å². The first kappa shape index (κ1) is 16.6. The number of ether oxygens (including phenoxy) is 1. The fraction of sp³-hybridized carbons (Fsp3) is 0.389. The highest BCUT2D eigenvalue weighted by Crippen LogP contribution is 2.28. The van der Waals surface area contributed by atoms with Gasteiger partial charge in [0.1, 0.15) is 12.3 Å². The molecule has 0 bridgehead atoms. The molecule has 2 heterocycles. The lowest BCUT2D eigenvalue weighted by molar-refractivity contribution is 0.0141. The molecule has 1 aromatic heterocycles. The zero-order valence-electron chi connectivity index (χ0n) is 13.3. The van der Waals surface area contributed by atoms with E-state index in [4.69, 9.17) is 4.74 Å². The van der Waals surface area contributed by atoms with Gasteiger partial charge in [0.15, 0.2) is 11.6 Å². The third-order valence-corrected chi connectivity index (χ3v) is 4.37. The van der Waals surface area contributed by atoms with Gasteiger partial charge in [-0.3, -0.25) is 9.69 Å². The van der Waals surface area contributed by atoms with E-state index in [0.717, 1.165) is 0 Å². The zero-order valence-corrected chi connectivity index (χ0v) is 13.3. The first-order valence-electron chi connectivity index (χ1n) is 8.01. The Morgan fingerprint density at radius 2 is 1.92 bits per heavy atom. The summed E-state index contributed by atoms with van der Waals surface area (Å²) >= 11 is 0. The van der Waals surface area contributed by atoms with E-state index in [2.05, 4.69) is 4.98 Å². The predicted molar refractivity (Wildman–Crippen MR) is 87.3 cm³/mol. The van der Waals surface area contributed by atoms with Crippen molar-refractivity contribution in [2.75, 3.05) is 19.7 Å². The molecule has 0 amide bonds. The van der Waals surface area contributed by atoms with E-state index in [0.29, 0.717) is 38.0 Å². The Bertz CT molecular complexity index is 740. The highest BCUT2D eigenvalue weighted by Gasteiger charge is 2.35. The number of likely N-dealkylation sites (tertiary alicyclic amines) is 1. The Hall–Kier alpha value is -2.21. The summed E-state index contributed by atoms with van der Waals surface area (Å²) in [4.78, 5) is 16.4. The molecule has 1 N–H and O–H groups in total. The monoisotopic (exact) mass is 334 g/mol. The van der Waals surface area contributed by atoms with Gasteiger partial charge in [-0.15, -0.1) is 0 Å². The van der Waals surface area contributed by atoms with Crippen molar-refractivity contribution in [1.82, 2.24) is 9.88 Å². The van der Waals surface area contributed by atoms with Crippen LogP contribution in [0.15, 0.2) is 47.4 Å². The van der Waals surface area contributed by atoms with Gasteiger partial charge in [0.05, 0.1) is 0 Å². The third-order valence-electron chi connectivity index (χ3n) is 4.37. The highest BCUT2D eigenvalue weighted by molar-refractivity contribution is 5.23. The van der Waals surface area contributed by atoms with Gasteiger partial charge in [0.2, 0.25) is 0 Å². The summed E-state index contributed by atoms with van der Waals surface area (Å²) in [6.07, 6.45) is 2.19. The van der Waals surface area contributed by atoms with Gasteiger partial charge in [0.25, 0.3) is 5.56 Å². The number of para-hydroxylation sites is 1. The van der Waals surface area contributed by atoms with Gasteiger partial charge in [-0.25, -0.2) is 8.78 Å². The van der Waals surface area contributed by atoms with Crippen LogP contribution in [-0.4, -0.2) is 35.2 Å². The highest BCUT2D eigenvalue weighted by atomic mass is 19.1. The minimum atomic E-state index is -1.47. The van der Waals surface area contributed by atoms with E-state index < -0.39 is 11.5 Å². The number of nitrogens with zero attached hydrogens (tertiary/aromatic N) is 1. The van der Waals surface area contributed by atoms with Crippen molar-refractivity contribution in [3.8, 4) is 5.75 Å². The Labute approximate surface area is 139 Å². The molecule has 3 rings (SSSR count). The van der Waals surface area contributed by atoms with Crippen molar-refractivity contribution in [2.24, 2.45) is 0 Å². The minimum absolute atomic E-state index is 0.0766. The maximum Gasteiger partial charge on any atom is 0.252 e. The topological polar surface area (TPSA) is 45.3 Å². The predicted octanol–water partition coefficient (Wildman–Crippen LogP) is 2.90. The second-order valence-electron chi connectivity index (χ2n) is 6.17. The first-order valence-corrected chi connectivity index (χ1v) is 8.01. The number of nitrogens with one attached hydrogen (secondary N) is 1. The lowest BCUT2D eigenvalue weighted by Crippen LogP contribution is -2.45. The number of aromatic amines is 1. The second kappa shape index (κ2) is 7.13. The Kier molecular flexibility index (Phi) is 4.94. The van der Waals surface area contributed by atoms with Crippen LogP contribution >= 0.6 is 0 Å². The van der Waals surface area contributed by atoms with Crippen LogP contribution in [0.3, 0.4) is 0 Å². The largest absolute Gasteiger partial charge is 0.487 e. The number of benzene rings is 1. The number of hydrogen-bond donors (Lipinski definition) is 1. The van der Waals surface area contributed by atoms with Crippen molar-refractivity contribution in [2.45, 2.75) is 25.1 Å². The summed E-state index contributed by atoms with van der Waals surface area (Å²) in [5, 5.41) is 0. The second-order valence-corrected chi connectivity index (χ2v) is 6.17. The van der Waals surface area contributed by atoms with Crippen molar-refractivity contribution in [3.05, 3.63) is 64.3 Å². The molecule has 0 radical (unpaired) electrons. The molecule has 0 aliphatic carbocycles. The van der Waals surface area contributed by atoms with E-state index in [1.807, 2.05) is 4.90 Å². The summed E-state index contributed by atoms with van der Waals surface area (Å²) in [5.74, 6) is -0.408. The molecule has 2 aromatic rings. The number of aromatic nitrogens is 1. The molecule has 24 heavy (non-hydrogen) atoms. The van der Waals surface area contributed by atoms with Gasteiger partial charge in [-0.1, -0.05) is 18.2 Å². The number of halogens is 2. The molecular formula is C18H20F2N2O2. The smallest absolute Gasteiger partial charge is 0.252 e. The van der Waals surface area contributed by atoms with Crippen molar-refractivity contribution >= 4 is 0 Å². The molecule has 0 spiro atoms. The van der Waals surface area contributed by atoms with Crippen LogP contribution in [0.5, 0.6) is 5.75 Å². The number of hydrogen-bond acceptors (Lipinski definition) is 3. The lowest BCUT2D eigenvalue weighted by atomic mass is 9.94. The number of H-pyrrole nitrogens is 1. The molecule has 0 atom stereocenters. The maximum atomic E-state index is 14.8. The van der Waals surface area contributed by atoms with Crippen LogP contribution in [0.4, 0.5) is 8.78 Å². The number of piperidine rings is 1. The number of pyridine rings is 1. The SMILES string of the molecule is O=c1[nH]cccc1CN1CCC(F)(COc2ccccc2F)CC1. The summed E-state index contributed by atoms with van der Waals surface area (Å²) < 4.78 is 33.7. The fourth-order valence-electron chi connectivity index (χ4n) is 2.85. The van der Waals surface area contributed by atoms with Gasteiger partial charge >= 0.3 is 0 Å². The summed E-state index contributed by atoms with van der Waals surface area (Å²) in [6.45, 7) is 1.41. The molecule has 1 aliphatic rings. The summed E-state index contributed by atoms with van der Waals surface area (Å²) in [5.41, 5.74) is -0.911. The molecule has 4 nitrogen and oxygen atoms in total. The van der Waals surface area contributed by atoms with Crippen LogP contribution in [-0.2, 0) is 6.54 Å². The quantitative estimate of drug-likeness (QED) is 0.914. The third kappa shape index (κ3) is 4.00. The van der Waals surface area contributed by atoms with Gasteiger partial charge in [-0.2, -0.15) is 0 Å². The molecule has 1 saturated heterocycles.